The summed E-state index contributed by atoms with van der Waals surface area (Å²) in [6, 6.07) is 0. The fraction of sp³-hybridized carbons (Fsp3) is 0.862. The molecule has 8 atom stereocenters. The van der Waals surface area contributed by atoms with Gasteiger partial charge in [0.1, 0.15) is 0 Å². The first-order valence-electron chi connectivity index (χ1n) is 13.2. The summed E-state index contributed by atoms with van der Waals surface area (Å²) in [6.07, 6.45) is 16.5. The van der Waals surface area contributed by atoms with Gasteiger partial charge in [0.05, 0.1) is 6.10 Å². The minimum absolute atomic E-state index is 0.0862. The van der Waals surface area contributed by atoms with E-state index in [9.17, 15) is 5.11 Å². The Morgan fingerprint density at radius 2 is 1.87 bits per heavy atom. The minimum Gasteiger partial charge on any atom is -0.393 e. The molecule has 0 spiro atoms. The second-order valence-corrected chi connectivity index (χ2v) is 12.7. The lowest BCUT2D eigenvalue weighted by atomic mass is 9.47. The van der Waals surface area contributed by atoms with Gasteiger partial charge < -0.3 is 5.11 Å². The zero-order valence-electron chi connectivity index (χ0n) is 20.6. The highest BCUT2D eigenvalue weighted by molar-refractivity contribution is 5.25. The number of rotatable bonds is 6. The quantitative estimate of drug-likeness (QED) is 0.439. The van der Waals surface area contributed by atoms with Crippen LogP contribution < -0.4 is 0 Å². The van der Waals surface area contributed by atoms with Crippen molar-refractivity contribution in [1.82, 2.24) is 0 Å². The fourth-order valence-corrected chi connectivity index (χ4v) is 8.93. The Kier molecular flexibility index (Phi) is 6.35. The molecule has 1 heteroatoms. The molecule has 3 fully saturated rings. The first-order valence-corrected chi connectivity index (χ1v) is 13.2. The van der Waals surface area contributed by atoms with Crippen LogP contribution in [0.15, 0.2) is 23.8 Å². The van der Waals surface area contributed by atoms with Crippen molar-refractivity contribution in [2.45, 2.75) is 111 Å². The molecule has 8 unspecified atom stereocenters. The molecule has 0 aromatic rings. The van der Waals surface area contributed by atoms with Gasteiger partial charge in [-0.1, -0.05) is 58.4 Å². The lowest BCUT2D eigenvalue weighted by Gasteiger charge is -2.58. The van der Waals surface area contributed by atoms with Crippen molar-refractivity contribution in [3.8, 4) is 0 Å². The van der Waals surface area contributed by atoms with E-state index in [1.54, 1.807) is 5.57 Å². The monoisotopic (exact) mass is 412 g/mol. The third-order valence-electron chi connectivity index (χ3n) is 10.5. The number of allylic oxidation sites excluding steroid dienone is 2. The van der Waals surface area contributed by atoms with Crippen molar-refractivity contribution in [1.29, 1.82) is 0 Å². The molecule has 0 amide bonds. The Hall–Kier alpha value is -0.560. The van der Waals surface area contributed by atoms with Crippen LogP contribution in [0.4, 0.5) is 0 Å². The van der Waals surface area contributed by atoms with Gasteiger partial charge in [0.25, 0.3) is 0 Å². The summed E-state index contributed by atoms with van der Waals surface area (Å²) in [7, 11) is 0. The number of aliphatic hydroxyl groups excluding tert-OH is 1. The zero-order valence-corrected chi connectivity index (χ0v) is 20.6. The van der Waals surface area contributed by atoms with E-state index >= 15 is 0 Å². The van der Waals surface area contributed by atoms with E-state index in [0.29, 0.717) is 10.8 Å². The average Bonchev–Trinajstić information content (AvgIpc) is 3.03. The van der Waals surface area contributed by atoms with E-state index in [4.69, 9.17) is 0 Å². The molecular formula is C29H48O. The van der Waals surface area contributed by atoms with E-state index in [2.05, 4.69) is 47.3 Å². The van der Waals surface area contributed by atoms with Crippen LogP contribution in [0.3, 0.4) is 0 Å². The SMILES string of the molecule is C=C(CCC(C)C1CCC2C3CC=C4CC(O)CCC4(C)C3CCC12C)CC(C)C. The molecule has 0 aromatic carbocycles. The van der Waals surface area contributed by atoms with Crippen LogP contribution in [-0.2, 0) is 0 Å². The second-order valence-electron chi connectivity index (χ2n) is 12.7. The minimum atomic E-state index is -0.0862. The summed E-state index contributed by atoms with van der Waals surface area (Å²) < 4.78 is 0. The Balaban J connectivity index is 1.45. The maximum Gasteiger partial charge on any atom is 0.0577 e. The van der Waals surface area contributed by atoms with Crippen molar-refractivity contribution < 1.29 is 5.11 Å². The van der Waals surface area contributed by atoms with Crippen LogP contribution >= 0.6 is 0 Å². The maximum absolute atomic E-state index is 10.2. The highest BCUT2D eigenvalue weighted by Gasteiger charge is 2.59. The summed E-state index contributed by atoms with van der Waals surface area (Å²) in [5.41, 5.74) is 4.01. The smallest absolute Gasteiger partial charge is 0.0577 e. The Morgan fingerprint density at radius 3 is 2.60 bits per heavy atom. The van der Waals surface area contributed by atoms with E-state index < -0.39 is 0 Å². The van der Waals surface area contributed by atoms with E-state index in [-0.39, 0.29) is 6.10 Å². The molecule has 4 aliphatic carbocycles. The van der Waals surface area contributed by atoms with Gasteiger partial charge in [0, 0.05) is 0 Å². The second kappa shape index (κ2) is 8.42. The van der Waals surface area contributed by atoms with Crippen LogP contribution in [0, 0.1) is 46.3 Å². The van der Waals surface area contributed by atoms with Crippen LogP contribution in [0.5, 0.6) is 0 Å². The molecule has 0 bridgehead atoms. The van der Waals surface area contributed by atoms with Crippen LogP contribution in [0.25, 0.3) is 0 Å². The lowest BCUT2D eigenvalue weighted by Crippen LogP contribution is -2.50. The number of hydrogen-bond donors (Lipinski definition) is 1. The molecule has 170 valence electrons. The molecule has 30 heavy (non-hydrogen) atoms. The highest BCUT2D eigenvalue weighted by Crippen LogP contribution is 2.67. The van der Waals surface area contributed by atoms with Crippen molar-refractivity contribution in [3.05, 3.63) is 23.8 Å². The van der Waals surface area contributed by atoms with Gasteiger partial charge in [-0.2, -0.15) is 0 Å². The molecule has 4 aliphatic rings. The molecule has 4 rings (SSSR count). The van der Waals surface area contributed by atoms with Crippen LogP contribution in [0.1, 0.15) is 105 Å². The van der Waals surface area contributed by atoms with Crippen LogP contribution in [0.2, 0.25) is 0 Å². The molecule has 3 saturated carbocycles. The summed E-state index contributed by atoms with van der Waals surface area (Å²) >= 11 is 0. The molecule has 0 aliphatic heterocycles. The van der Waals surface area contributed by atoms with Gasteiger partial charge in [-0.05, 0) is 117 Å². The fourth-order valence-electron chi connectivity index (χ4n) is 8.93. The number of hydrogen-bond acceptors (Lipinski definition) is 1. The number of aliphatic hydroxyl groups is 1. The molecule has 0 aromatic heterocycles. The summed E-state index contributed by atoms with van der Waals surface area (Å²) in [6.45, 7) is 16.8. The molecule has 1 N–H and O–H groups in total. The molecule has 0 heterocycles. The first kappa shape index (κ1) is 22.6. The first-order chi connectivity index (χ1) is 14.1. The van der Waals surface area contributed by atoms with Gasteiger partial charge in [0.15, 0.2) is 0 Å². The lowest BCUT2D eigenvalue weighted by molar-refractivity contribution is -0.0571. The molecule has 0 saturated heterocycles. The van der Waals surface area contributed by atoms with E-state index in [1.165, 1.54) is 63.4 Å². The Labute approximate surface area is 186 Å². The average molecular weight is 413 g/mol. The van der Waals surface area contributed by atoms with Crippen molar-refractivity contribution >= 4 is 0 Å². The van der Waals surface area contributed by atoms with Gasteiger partial charge in [-0.25, -0.2) is 0 Å². The predicted molar refractivity (Wildman–Crippen MR) is 128 cm³/mol. The number of fused-ring (bicyclic) bond motifs is 5. The van der Waals surface area contributed by atoms with Crippen molar-refractivity contribution in [3.63, 3.8) is 0 Å². The molecular weight excluding hydrogens is 364 g/mol. The maximum atomic E-state index is 10.2. The Bertz CT molecular complexity index is 674. The van der Waals surface area contributed by atoms with E-state index in [1.807, 2.05) is 0 Å². The molecule has 0 radical (unpaired) electrons. The van der Waals surface area contributed by atoms with Gasteiger partial charge in [-0.15, -0.1) is 0 Å². The Morgan fingerprint density at radius 1 is 1.10 bits per heavy atom. The van der Waals surface area contributed by atoms with Gasteiger partial charge >= 0.3 is 0 Å². The predicted octanol–water partition coefficient (Wildman–Crippen LogP) is 7.94. The summed E-state index contributed by atoms with van der Waals surface area (Å²) in [5, 5.41) is 10.2. The normalized spacial score (nSPS) is 44.1. The summed E-state index contributed by atoms with van der Waals surface area (Å²) in [4.78, 5) is 0. The van der Waals surface area contributed by atoms with Crippen molar-refractivity contribution in [2.24, 2.45) is 46.3 Å². The van der Waals surface area contributed by atoms with E-state index in [0.717, 1.165) is 48.3 Å². The third-order valence-corrected chi connectivity index (χ3v) is 10.5. The largest absolute Gasteiger partial charge is 0.393 e. The highest BCUT2D eigenvalue weighted by atomic mass is 16.3. The zero-order chi connectivity index (χ0) is 21.7. The van der Waals surface area contributed by atoms with Gasteiger partial charge in [-0.3, -0.25) is 0 Å². The molecule has 1 nitrogen and oxygen atoms in total. The van der Waals surface area contributed by atoms with Crippen LogP contribution in [-0.4, -0.2) is 11.2 Å². The standard InChI is InChI=1S/C29H48O/c1-19(2)17-20(3)7-8-21(4)25-11-12-26-24-10-9-22-18-23(30)13-15-28(22,5)27(24)14-16-29(25,26)6/h9,19,21,23-27,30H,3,7-8,10-18H2,1-2,4-6H3. The van der Waals surface area contributed by atoms with Gasteiger partial charge in [0.2, 0.25) is 0 Å². The van der Waals surface area contributed by atoms with Crippen molar-refractivity contribution in [2.75, 3.05) is 0 Å². The summed E-state index contributed by atoms with van der Waals surface area (Å²) in [5.74, 6) is 5.15. The third kappa shape index (κ3) is 3.87. The topological polar surface area (TPSA) is 20.2 Å².